The van der Waals surface area contributed by atoms with E-state index in [0.29, 0.717) is 44.3 Å². The number of aliphatic hydroxyl groups excluding tert-OH is 1. The van der Waals surface area contributed by atoms with Gasteiger partial charge in [-0.25, -0.2) is 0 Å². The molecule has 0 bridgehead atoms. The molecule has 14 amide bonds. The first kappa shape index (κ1) is 89.7. The lowest BCUT2D eigenvalue weighted by Crippen LogP contribution is -2.61. The first-order valence-electron chi connectivity index (χ1n) is 38.1. The maximum absolute atomic E-state index is 15.4. The number of aliphatic hydroxyl groups is 1. The molecule has 33 nitrogen and oxygen atoms in total. The van der Waals surface area contributed by atoms with E-state index >= 15 is 9.59 Å². The highest BCUT2D eigenvalue weighted by molar-refractivity contribution is 8.00. The summed E-state index contributed by atoms with van der Waals surface area (Å²) >= 11 is 0.813. The number of amides is 14. The van der Waals surface area contributed by atoms with Crippen molar-refractivity contribution in [1.82, 2.24) is 73.7 Å². The van der Waals surface area contributed by atoms with Gasteiger partial charge in [-0.1, -0.05) is 143 Å². The topological polar surface area (TPSA) is 509 Å². The van der Waals surface area contributed by atoms with Crippen LogP contribution < -0.4 is 69.5 Å². The van der Waals surface area contributed by atoms with Crippen LogP contribution in [-0.4, -0.2) is 218 Å². The minimum Gasteiger partial charge on any atom is -0.508 e. The van der Waals surface area contributed by atoms with Crippen molar-refractivity contribution in [3.8, 4) is 17.2 Å². The molecule has 34 heteroatoms. The minimum absolute atomic E-state index is 0.0424. The summed E-state index contributed by atoms with van der Waals surface area (Å²) in [5, 5.41) is 73.5. The van der Waals surface area contributed by atoms with Crippen molar-refractivity contribution in [1.29, 1.82) is 0 Å². The van der Waals surface area contributed by atoms with E-state index in [2.05, 4.69) is 68.8 Å². The van der Waals surface area contributed by atoms with Gasteiger partial charge in [-0.15, -0.1) is 11.8 Å². The van der Waals surface area contributed by atoms with Crippen LogP contribution in [0.25, 0.3) is 10.9 Å². The van der Waals surface area contributed by atoms with Gasteiger partial charge in [0.15, 0.2) is 0 Å². The van der Waals surface area contributed by atoms with Crippen LogP contribution in [0.5, 0.6) is 17.2 Å². The van der Waals surface area contributed by atoms with Gasteiger partial charge in [-0.05, 0) is 101 Å². The SMILES string of the molecule is CC(C)C[C@@H]1NC(=O)[C@H](Cc2ccc(O)cc2)NC(=O)[C@H](Cc2ccccc2)NC(=O)CSC[C@@H](C(=O)NCC(N)=O)NC(=O)[C@@H](C)NC(=O)[C@H](Cc2ccccc2)N(C)C(=O)[C@H](Cc2ccc(O)cc2)NC(=O)[C@H](Cc2c[nH]c3ccccc23)NC(=O)CNC(=O)[C@H](CO)NC(=O)[C@H](Cc2ccc(O)cc2)NC(=O)[C@H](C(C)C)NC1=O. The number of nitrogens with one attached hydrogen (secondary N) is 13. The van der Waals surface area contributed by atoms with Crippen LogP contribution in [0.4, 0.5) is 0 Å². The fourth-order valence-corrected chi connectivity index (χ4v) is 13.7. The molecule has 8 rings (SSSR count). The first-order valence-corrected chi connectivity index (χ1v) is 39.2. The zero-order valence-corrected chi connectivity index (χ0v) is 66.3. The molecule has 117 heavy (non-hydrogen) atoms. The van der Waals surface area contributed by atoms with E-state index in [4.69, 9.17) is 5.73 Å². The number of aromatic nitrogens is 1. The van der Waals surface area contributed by atoms with E-state index in [1.807, 2.05) is 0 Å². The molecule has 19 N–H and O–H groups in total. The molecular weight excluding hydrogens is 1530 g/mol. The van der Waals surface area contributed by atoms with Crippen molar-refractivity contribution < 1.29 is 87.5 Å². The Kier molecular flexibility index (Phi) is 33.4. The maximum Gasteiger partial charge on any atom is 0.245 e. The quantitative estimate of drug-likeness (QED) is 0.0502. The Labute approximate surface area is 679 Å². The molecule has 2 heterocycles. The van der Waals surface area contributed by atoms with Gasteiger partial charge < -0.3 is 99.8 Å². The summed E-state index contributed by atoms with van der Waals surface area (Å²) in [6, 6.07) is 24.1. The third-order valence-electron chi connectivity index (χ3n) is 19.2. The predicted octanol–water partition coefficient (Wildman–Crippen LogP) is -0.106. The fourth-order valence-electron chi connectivity index (χ4n) is 12.9. The summed E-state index contributed by atoms with van der Waals surface area (Å²) in [7, 11) is 1.29. The molecule has 11 atom stereocenters. The van der Waals surface area contributed by atoms with Crippen LogP contribution in [0.15, 0.2) is 164 Å². The Morgan fingerprint density at radius 3 is 1.44 bits per heavy atom. The number of carbonyl (C=O) groups is 14. The molecular formula is C83H101N15O18S. The van der Waals surface area contributed by atoms with Gasteiger partial charge in [-0.3, -0.25) is 67.1 Å². The minimum atomic E-state index is -1.82. The summed E-state index contributed by atoms with van der Waals surface area (Å²) in [5.74, 6) is -15.4. The summed E-state index contributed by atoms with van der Waals surface area (Å²) in [4.78, 5) is 207. The number of phenolic OH excluding ortho intramolecular Hbond substituents is 3. The third-order valence-corrected chi connectivity index (χ3v) is 20.3. The van der Waals surface area contributed by atoms with Crippen LogP contribution in [0, 0.1) is 11.8 Å². The van der Waals surface area contributed by atoms with Crippen molar-refractivity contribution in [2.24, 2.45) is 17.6 Å². The zero-order chi connectivity index (χ0) is 85.0. The van der Waals surface area contributed by atoms with Crippen molar-refractivity contribution >= 4 is 105 Å². The number of rotatable bonds is 19. The monoisotopic (exact) mass is 1630 g/mol. The second kappa shape index (κ2) is 43.6. The van der Waals surface area contributed by atoms with E-state index in [-0.39, 0.29) is 73.9 Å². The largest absolute Gasteiger partial charge is 0.508 e. The smallest absolute Gasteiger partial charge is 0.245 e. The van der Waals surface area contributed by atoms with E-state index in [0.717, 1.165) is 16.7 Å². The number of likely N-dealkylation sites (N-methyl/N-ethyl adjacent to an activating group) is 1. The summed E-state index contributed by atoms with van der Waals surface area (Å²) in [5.41, 5.74) is 8.87. The summed E-state index contributed by atoms with van der Waals surface area (Å²) in [6.07, 6.45) is 0.134. The summed E-state index contributed by atoms with van der Waals surface area (Å²) in [6.45, 7) is 5.35. The van der Waals surface area contributed by atoms with Gasteiger partial charge in [-0.2, -0.15) is 0 Å². The number of fused-ring (bicyclic) bond motifs is 1. The van der Waals surface area contributed by atoms with Crippen LogP contribution in [0.2, 0.25) is 0 Å². The molecule has 6 aromatic carbocycles. The molecule has 0 aliphatic carbocycles. The molecule has 622 valence electrons. The number of hydrogen-bond acceptors (Lipinski definition) is 19. The lowest BCUT2D eigenvalue weighted by molar-refractivity contribution is -0.143. The maximum atomic E-state index is 15.4. The number of aromatic amines is 1. The summed E-state index contributed by atoms with van der Waals surface area (Å²) < 4.78 is 0. The number of nitrogens with two attached hydrogens (primary N) is 1. The van der Waals surface area contributed by atoms with Gasteiger partial charge in [0.05, 0.1) is 25.4 Å². The third kappa shape index (κ3) is 27.7. The van der Waals surface area contributed by atoms with E-state index in [1.165, 1.54) is 86.8 Å². The Morgan fingerprint density at radius 2 is 0.923 bits per heavy atom. The Hall–Kier alpha value is -12.9. The lowest BCUT2D eigenvalue weighted by Gasteiger charge is -2.32. The van der Waals surface area contributed by atoms with Gasteiger partial charge in [0.2, 0.25) is 82.7 Å². The Bertz CT molecular complexity index is 4630. The molecule has 0 unspecified atom stereocenters. The molecule has 1 aliphatic rings. The predicted molar refractivity (Wildman–Crippen MR) is 433 cm³/mol. The number of nitrogens with zero attached hydrogens (tertiary/aromatic N) is 1. The second-order valence-electron chi connectivity index (χ2n) is 29.3. The van der Waals surface area contributed by atoms with Gasteiger partial charge >= 0.3 is 0 Å². The second-order valence-corrected chi connectivity index (χ2v) is 30.3. The van der Waals surface area contributed by atoms with Crippen molar-refractivity contribution in [2.75, 3.05) is 38.2 Å². The Balaban J connectivity index is 1.17. The number of carbonyl (C=O) groups excluding carboxylic acids is 14. The molecule has 1 aliphatic heterocycles. The van der Waals surface area contributed by atoms with Gasteiger partial charge in [0.25, 0.3) is 0 Å². The van der Waals surface area contributed by atoms with E-state index in [9.17, 15) is 78.0 Å². The fraction of sp³-hybridized carbons (Fsp3) is 0.373. The van der Waals surface area contributed by atoms with E-state index in [1.54, 1.807) is 119 Å². The van der Waals surface area contributed by atoms with E-state index < -0.39 is 181 Å². The average Bonchev–Trinajstić information content (AvgIpc) is 1.80. The highest BCUT2D eigenvalue weighted by Crippen LogP contribution is 2.23. The number of hydrogen-bond donors (Lipinski definition) is 18. The molecule has 1 aromatic heterocycles. The first-order chi connectivity index (χ1) is 55.8. The number of thioether (sulfide) groups is 1. The number of aromatic hydroxyl groups is 3. The van der Waals surface area contributed by atoms with Gasteiger partial charge in [0.1, 0.15) is 83.7 Å². The highest BCUT2D eigenvalue weighted by Gasteiger charge is 2.39. The highest BCUT2D eigenvalue weighted by atomic mass is 32.2. The van der Waals surface area contributed by atoms with Crippen LogP contribution in [0.3, 0.4) is 0 Å². The van der Waals surface area contributed by atoms with Crippen molar-refractivity contribution in [3.05, 3.63) is 197 Å². The van der Waals surface area contributed by atoms with Crippen LogP contribution >= 0.6 is 11.8 Å². The Morgan fingerprint density at radius 1 is 0.479 bits per heavy atom. The molecule has 7 aromatic rings. The number of H-pyrrole nitrogens is 1. The lowest BCUT2D eigenvalue weighted by atomic mass is 9.98. The molecule has 0 saturated carbocycles. The van der Waals surface area contributed by atoms with Crippen molar-refractivity contribution in [2.45, 2.75) is 146 Å². The number of para-hydroxylation sites is 1. The molecule has 0 spiro atoms. The van der Waals surface area contributed by atoms with Crippen LogP contribution in [-0.2, 0) is 106 Å². The van der Waals surface area contributed by atoms with Gasteiger partial charge in [0, 0.05) is 68.4 Å². The number of phenols is 3. The van der Waals surface area contributed by atoms with Crippen molar-refractivity contribution in [3.63, 3.8) is 0 Å². The van der Waals surface area contributed by atoms with Crippen LogP contribution in [0.1, 0.15) is 74.4 Å². The molecule has 0 radical (unpaired) electrons. The number of benzene rings is 6. The zero-order valence-electron chi connectivity index (χ0n) is 65.5. The molecule has 1 fully saturated rings. The number of primary amides is 1. The standard InChI is InChI=1S/C83H101N15O18S/c1-46(2)33-60-80(113)97-72(47(3)4)82(115)93-63(36-52-23-29-56(101)30-24-52)78(111)95-66(43-99)74(107)87-42-70(104)89-64(39-54-40-85-59-20-14-13-19-58(54)59)79(112)94-65(37-53-25-31-57(102)32-26-53)83(116)98(6)68(38-50-17-11-8-12-18-50)81(114)88-48(5)73(106)96-67(75(108)86-41-69(84)103)44-117-45-71(105)90-61(34-49-15-9-7-10-16-49)76(109)92-62(77(110)91-60)35-51-21-27-55(100)28-22-51/h7-32,40,46-48,60-68,72,85,99-102H,33-39,41-45H2,1-6H3,(H2,84,103)(H,86,108)(H,87,107)(H,88,114)(H,89,104)(H,90,105)(H,91,110)(H,92,109)(H,93,115)(H,94,112)(H,95,111)(H,96,106)(H,97,113)/t48-,60+,61+,62+,63+,64+,65+,66+,67+,68+,72+/m1/s1. The average molecular weight is 1630 g/mol. The normalized spacial score (nSPS) is 22.3. The molecule has 1 saturated heterocycles.